The van der Waals surface area contributed by atoms with Gasteiger partial charge in [-0.2, -0.15) is 8.42 Å². The van der Waals surface area contributed by atoms with Crippen LogP contribution in [0.5, 0.6) is 5.75 Å². The van der Waals surface area contributed by atoms with Gasteiger partial charge in [-0.05, 0) is 18.6 Å². The predicted octanol–water partition coefficient (Wildman–Crippen LogP) is 5.59. The Balaban J connectivity index is 2.17. The lowest BCUT2D eigenvalue weighted by Gasteiger charge is -2.16. The number of unbranched alkanes of at least 4 members (excludes halogenated alkanes) is 9. The highest BCUT2D eigenvalue weighted by Gasteiger charge is 2.24. The van der Waals surface area contributed by atoms with E-state index >= 15 is 0 Å². The zero-order chi connectivity index (χ0) is 17.7. The monoisotopic (exact) mass is 356 g/mol. The normalized spacial score (nSPS) is 12.9. The minimum absolute atomic E-state index is 0.324. The fourth-order valence-corrected chi connectivity index (χ4v) is 3.42. The van der Waals surface area contributed by atoms with Crippen LogP contribution in [-0.4, -0.2) is 18.4 Å². The summed E-state index contributed by atoms with van der Waals surface area (Å²) in [6.07, 6.45) is 12.2. The van der Waals surface area contributed by atoms with E-state index in [4.69, 9.17) is 4.74 Å². The Kier molecular flexibility index (Phi) is 10.8. The van der Waals surface area contributed by atoms with Gasteiger partial charge in [0.15, 0.2) is 0 Å². The molecule has 0 fully saturated rings. The van der Waals surface area contributed by atoms with Crippen LogP contribution in [0.25, 0.3) is 0 Å². The summed E-state index contributed by atoms with van der Waals surface area (Å²) in [5.41, 5.74) is -1.17. The molecule has 0 bridgehead atoms. The smallest absolute Gasteiger partial charge is 0.303 e. The third kappa shape index (κ3) is 9.93. The van der Waals surface area contributed by atoms with Gasteiger partial charge in [0.05, 0.1) is 0 Å². The van der Waals surface area contributed by atoms with Gasteiger partial charge in [-0.3, -0.25) is 4.55 Å². The van der Waals surface area contributed by atoms with E-state index < -0.39 is 15.6 Å². The van der Waals surface area contributed by atoms with E-state index in [9.17, 15) is 13.0 Å². The van der Waals surface area contributed by atoms with Crippen LogP contribution in [0, 0.1) is 0 Å². The second-order valence-corrected chi connectivity index (χ2v) is 7.90. The summed E-state index contributed by atoms with van der Waals surface area (Å²) in [6.45, 7) is 2.22. The molecule has 1 aromatic rings. The minimum Gasteiger partial charge on any atom is -0.472 e. The van der Waals surface area contributed by atoms with E-state index in [0.717, 1.165) is 19.3 Å². The molecule has 0 aliphatic heterocycles. The molecular formula is C19H32O4S. The molecule has 0 heterocycles. The van der Waals surface area contributed by atoms with Crippen LogP contribution in [0.15, 0.2) is 30.3 Å². The Hall–Kier alpha value is -1.07. The summed E-state index contributed by atoms with van der Waals surface area (Å²) in [4.78, 5) is 0. The second kappa shape index (κ2) is 12.3. The molecule has 4 nitrogen and oxygen atoms in total. The Morgan fingerprint density at radius 3 is 1.88 bits per heavy atom. The molecule has 0 saturated carbocycles. The molecule has 1 N–H and O–H groups in total. The van der Waals surface area contributed by atoms with Crippen LogP contribution < -0.4 is 4.74 Å². The van der Waals surface area contributed by atoms with Crippen molar-refractivity contribution in [2.75, 3.05) is 0 Å². The molecule has 24 heavy (non-hydrogen) atoms. The molecule has 0 aliphatic carbocycles. The minimum atomic E-state index is -4.20. The molecule has 1 aromatic carbocycles. The Morgan fingerprint density at radius 1 is 0.875 bits per heavy atom. The molecule has 1 rings (SSSR count). The van der Waals surface area contributed by atoms with Gasteiger partial charge in [-0.15, -0.1) is 0 Å². The van der Waals surface area contributed by atoms with Gasteiger partial charge in [-0.1, -0.05) is 82.9 Å². The van der Waals surface area contributed by atoms with Gasteiger partial charge in [0, 0.05) is 6.42 Å². The maximum absolute atomic E-state index is 11.5. The molecule has 138 valence electrons. The third-order valence-electron chi connectivity index (χ3n) is 4.14. The Labute approximate surface area is 147 Å². The van der Waals surface area contributed by atoms with Crippen LogP contribution in [-0.2, 0) is 10.1 Å². The van der Waals surface area contributed by atoms with Crippen LogP contribution in [0.3, 0.4) is 0 Å². The van der Waals surface area contributed by atoms with Gasteiger partial charge >= 0.3 is 10.1 Å². The number of ether oxygens (including phenoxy) is 1. The van der Waals surface area contributed by atoms with Gasteiger partial charge in [0.25, 0.3) is 0 Å². The standard InChI is InChI=1S/C19H32O4S/c1-2-3-4-5-6-7-8-9-10-14-17-19(24(20,21)22)23-18-15-12-11-13-16-18/h11-13,15-16,19H,2-10,14,17H2,1H3,(H,20,21,22). The van der Waals surface area contributed by atoms with Crippen molar-refractivity contribution in [3.05, 3.63) is 30.3 Å². The molecule has 0 aromatic heterocycles. The van der Waals surface area contributed by atoms with Crippen molar-refractivity contribution >= 4 is 10.1 Å². The number of benzene rings is 1. The first-order valence-corrected chi connectivity index (χ1v) is 10.7. The second-order valence-electron chi connectivity index (χ2n) is 6.35. The van der Waals surface area contributed by atoms with Crippen molar-refractivity contribution in [3.8, 4) is 5.75 Å². The first kappa shape index (κ1) is 21.0. The lowest BCUT2D eigenvalue weighted by Crippen LogP contribution is -2.26. The van der Waals surface area contributed by atoms with E-state index in [1.807, 2.05) is 6.07 Å². The van der Waals surface area contributed by atoms with E-state index in [2.05, 4.69) is 6.92 Å². The molecule has 0 spiro atoms. The molecule has 1 unspecified atom stereocenters. The van der Waals surface area contributed by atoms with Crippen molar-refractivity contribution in [2.24, 2.45) is 0 Å². The maximum atomic E-state index is 11.5. The first-order chi connectivity index (χ1) is 11.5. The van der Waals surface area contributed by atoms with Crippen molar-refractivity contribution in [2.45, 2.75) is 83.0 Å². The van der Waals surface area contributed by atoms with Crippen LogP contribution in [0.2, 0.25) is 0 Å². The van der Waals surface area contributed by atoms with Crippen molar-refractivity contribution in [1.82, 2.24) is 0 Å². The number of para-hydroxylation sites is 1. The fourth-order valence-electron chi connectivity index (χ4n) is 2.72. The predicted molar refractivity (Wildman–Crippen MR) is 98.9 cm³/mol. The highest BCUT2D eigenvalue weighted by atomic mass is 32.2. The van der Waals surface area contributed by atoms with E-state index in [1.54, 1.807) is 24.3 Å². The van der Waals surface area contributed by atoms with Crippen LogP contribution in [0.4, 0.5) is 0 Å². The van der Waals surface area contributed by atoms with Crippen molar-refractivity contribution in [1.29, 1.82) is 0 Å². The van der Waals surface area contributed by atoms with E-state index in [0.29, 0.717) is 12.2 Å². The zero-order valence-electron chi connectivity index (χ0n) is 14.8. The summed E-state index contributed by atoms with van der Waals surface area (Å²) in [6, 6.07) is 8.76. The maximum Gasteiger partial charge on any atom is 0.303 e. The number of hydrogen-bond donors (Lipinski definition) is 1. The van der Waals surface area contributed by atoms with Crippen molar-refractivity contribution in [3.63, 3.8) is 0 Å². The lowest BCUT2D eigenvalue weighted by molar-refractivity contribution is 0.242. The molecule has 5 heteroatoms. The summed E-state index contributed by atoms with van der Waals surface area (Å²) in [7, 11) is -4.20. The van der Waals surface area contributed by atoms with Gasteiger partial charge < -0.3 is 4.74 Å². The average Bonchev–Trinajstić information content (AvgIpc) is 2.55. The third-order valence-corrected chi connectivity index (χ3v) is 5.13. The molecular weight excluding hydrogens is 324 g/mol. The highest BCUT2D eigenvalue weighted by molar-refractivity contribution is 7.86. The molecule has 0 radical (unpaired) electrons. The summed E-state index contributed by atoms with van der Waals surface area (Å²) in [5, 5.41) is 0. The number of rotatable bonds is 14. The highest BCUT2D eigenvalue weighted by Crippen LogP contribution is 2.18. The van der Waals surface area contributed by atoms with Gasteiger partial charge in [0.2, 0.25) is 5.44 Å². The van der Waals surface area contributed by atoms with Gasteiger partial charge in [0.1, 0.15) is 5.75 Å². The molecule has 0 amide bonds. The van der Waals surface area contributed by atoms with Crippen LogP contribution >= 0.6 is 0 Å². The first-order valence-electron chi connectivity index (χ1n) is 9.22. The largest absolute Gasteiger partial charge is 0.472 e. The summed E-state index contributed by atoms with van der Waals surface area (Å²) >= 11 is 0. The average molecular weight is 357 g/mol. The molecule has 0 saturated heterocycles. The summed E-state index contributed by atoms with van der Waals surface area (Å²) < 4.78 is 37.7. The topological polar surface area (TPSA) is 63.6 Å². The zero-order valence-corrected chi connectivity index (χ0v) is 15.6. The van der Waals surface area contributed by atoms with Crippen LogP contribution in [0.1, 0.15) is 77.6 Å². The number of hydrogen-bond acceptors (Lipinski definition) is 3. The molecule has 1 atom stereocenters. The van der Waals surface area contributed by atoms with E-state index in [-0.39, 0.29) is 0 Å². The summed E-state index contributed by atoms with van der Waals surface area (Å²) in [5.74, 6) is 0.465. The lowest BCUT2D eigenvalue weighted by atomic mass is 10.1. The Bertz CT molecular complexity index is 513. The van der Waals surface area contributed by atoms with Crippen molar-refractivity contribution < 1.29 is 17.7 Å². The Morgan fingerprint density at radius 2 is 1.38 bits per heavy atom. The van der Waals surface area contributed by atoms with E-state index in [1.165, 1.54) is 44.9 Å². The van der Waals surface area contributed by atoms with Gasteiger partial charge in [-0.25, -0.2) is 0 Å². The SMILES string of the molecule is CCCCCCCCCCCCC(Oc1ccccc1)S(=O)(=O)O. The quantitative estimate of drug-likeness (QED) is 0.348. The molecule has 0 aliphatic rings. The fraction of sp³-hybridized carbons (Fsp3) is 0.684.